The number of ether oxygens (including phenoxy) is 1. The quantitative estimate of drug-likeness (QED) is 0.318. The summed E-state index contributed by atoms with van der Waals surface area (Å²) in [5.41, 5.74) is 4.26. The number of anilines is 1. The number of benzene rings is 1. The number of methoxy groups -OCH3 is 1. The molecule has 0 radical (unpaired) electrons. The van der Waals surface area contributed by atoms with E-state index in [1.807, 2.05) is 24.5 Å². The van der Waals surface area contributed by atoms with Gasteiger partial charge in [0, 0.05) is 44.9 Å². The summed E-state index contributed by atoms with van der Waals surface area (Å²) in [7, 11) is -2.12. The van der Waals surface area contributed by atoms with Crippen LogP contribution in [0.25, 0.3) is 15.8 Å². The highest BCUT2D eigenvalue weighted by molar-refractivity contribution is 7.92. The second kappa shape index (κ2) is 13.4. The van der Waals surface area contributed by atoms with Gasteiger partial charge in [0.15, 0.2) is 9.84 Å². The van der Waals surface area contributed by atoms with Gasteiger partial charge in [0.05, 0.1) is 28.1 Å². The van der Waals surface area contributed by atoms with Gasteiger partial charge in [0.25, 0.3) is 0 Å². The van der Waals surface area contributed by atoms with Crippen molar-refractivity contribution in [3.05, 3.63) is 52.8 Å². The van der Waals surface area contributed by atoms with Gasteiger partial charge in [-0.2, -0.15) is 0 Å². The van der Waals surface area contributed by atoms with E-state index in [4.69, 9.17) is 4.98 Å². The van der Waals surface area contributed by atoms with Crippen molar-refractivity contribution in [2.75, 3.05) is 37.4 Å². The van der Waals surface area contributed by atoms with E-state index in [1.165, 1.54) is 12.7 Å². The molecular weight excluding hydrogens is 558 g/mol. The smallest absolute Gasteiger partial charge is 0.305 e. The minimum atomic E-state index is -3.43. The van der Waals surface area contributed by atoms with Crippen LogP contribution in [0, 0.1) is 5.92 Å². The maximum Gasteiger partial charge on any atom is 0.305 e. The molecule has 1 N–H and O–H groups in total. The number of rotatable bonds is 11. The summed E-state index contributed by atoms with van der Waals surface area (Å²) in [6.07, 6.45) is 12.1. The van der Waals surface area contributed by atoms with Crippen molar-refractivity contribution in [3.8, 4) is 0 Å². The van der Waals surface area contributed by atoms with E-state index in [0.717, 1.165) is 83.9 Å². The number of aryl methyl sites for hydroxylation is 1. The molecule has 41 heavy (non-hydrogen) atoms. The summed E-state index contributed by atoms with van der Waals surface area (Å²) in [5.74, 6) is 0.971. The number of nitrogens with zero attached hydrogens (tertiary/aromatic N) is 4. The summed E-state index contributed by atoms with van der Waals surface area (Å²) in [6.45, 7) is 4.67. The van der Waals surface area contributed by atoms with Gasteiger partial charge in [-0.25, -0.2) is 23.4 Å². The van der Waals surface area contributed by atoms with E-state index in [2.05, 4.69) is 44.0 Å². The minimum Gasteiger partial charge on any atom is -0.469 e. The Labute approximate surface area is 246 Å². The number of hydrogen-bond acceptors (Lipinski definition) is 10. The highest BCUT2D eigenvalue weighted by Crippen LogP contribution is 2.32. The lowest BCUT2D eigenvalue weighted by atomic mass is 9.94. The number of carbonyl (C=O) groups excluding carboxylic acids is 1. The van der Waals surface area contributed by atoms with Crippen LogP contribution < -0.4 is 10.2 Å². The number of sulfone groups is 1. The summed E-state index contributed by atoms with van der Waals surface area (Å²) >= 11 is 1.74. The fraction of sp³-hybridized carbons (Fsp3) is 0.533. The van der Waals surface area contributed by atoms with Gasteiger partial charge in [0.1, 0.15) is 5.37 Å². The van der Waals surface area contributed by atoms with Crippen LogP contribution in [0.5, 0.6) is 0 Å². The molecule has 0 aliphatic carbocycles. The fourth-order valence-corrected chi connectivity index (χ4v) is 8.23. The highest BCUT2D eigenvalue weighted by atomic mass is 32.2. The first-order valence-electron chi connectivity index (χ1n) is 14.5. The zero-order valence-electron chi connectivity index (χ0n) is 23.8. The Morgan fingerprint density at radius 1 is 1.20 bits per heavy atom. The molecule has 9 nitrogen and oxygen atoms in total. The standard InChI is InChI=1S/C30H39N5O4S2/c1-3-5-22-19-32-30(33-20-22)35-13-10-21(11-14-35)16-27-34-25-8-7-23(17-26(25)40-27)24-9-12-31-28(18-24)41(37,38)15-4-6-29(36)39-2/h7-8,17-21,28,31H,3-6,9-16H2,1-2H3. The largest absolute Gasteiger partial charge is 0.469 e. The maximum absolute atomic E-state index is 12.9. The van der Waals surface area contributed by atoms with Gasteiger partial charge >= 0.3 is 5.97 Å². The molecular formula is C30H39N5O4S2. The fourth-order valence-electron chi connectivity index (χ4n) is 5.56. The van der Waals surface area contributed by atoms with Crippen molar-refractivity contribution in [3.63, 3.8) is 0 Å². The number of fused-ring (bicyclic) bond motifs is 1. The van der Waals surface area contributed by atoms with E-state index in [-0.39, 0.29) is 18.6 Å². The number of nitrogens with one attached hydrogen (secondary N) is 1. The Balaban J connectivity index is 1.19. The molecule has 1 fully saturated rings. The number of thiazole rings is 1. The van der Waals surface area contributed by atoms with Crippen molar-refractivity contribution in [1.29, 1.82) is 0 Å². The van der Waals surface area contributed by atoms with Crippen LogP contribution in [0.1, 0.15) is 61.6 Å². The molecule has 1 atom stereocenters. The second-order valence-electron chi connectivity index (χ2n) is 10.9. The van der Waals surface area contributed by atoms with Crippen LogP contribution in [0.3, 0.4) is 0 Å². The molecule has 0 bridgehead atoms. The zero-order chi connectivity index (χ0) is 28.8. The predicted molar refractivity (Wildman–Crippen MR) is 164 cm³/mol. The average molecular weight is 598 g/mol. The molecule has 1 unspecified atom stereocenters. The molecule has 2 aromatic heterocycles. The zero-order valence-corrected chi connectivity index (χ0v) is 25.5. The number of hydrogen-bond donors (Lipinski definition) is 1. The second-order valence-corrected chi connectivity index (χ2v) is 14.3. The SMILES string of the molecule is CCCc1cnc(N2CCC(Cc3nc4ccc(C5=CC(S(=O)(=O)CCCC(=O)OC)NCC5)cc4s3)CC2)nc1. The number of esters is 1. The Bertz CT molecular complexity index is 1480. The van der Waals surface area contributed by atoms with Crippen molar-refractivity contribution in [2.24, 2.45) is 5.92 Å². The normalized spacial score (nSPS) is 18.4. The Kier molecular flexibility index (Phi) is 9.67. The summed E-state index contributed by atoms with van der Waals surface area (Å²) in [6, 6.07) is 6.25. The molecule has 2 aliphatic rings. The van der Waals surface area contributed by atoms with Crippen molar-refractivity contribution in [1.82, 2.24) is 20.3 Å². The van der Waals surface area contributed by atoms with Crippen LogP contribution in [-0.4, -0.2) is 67.2 Å². The van der Waals surface area contributed by atoms with Crippen molar-refractivity contribution < 1.29 is 17.9 Å². The topological polar surface area (TPSA) is 114 Å². The van der Waals surface area contributed by atoms with E-state index < -0.39 is 21.2 Å². The lowest BCUT2D eigenvalue weighted by Crippen LogP contribution is -2.39. The van der Waals surface area contributed by atoms with Gasteiger partial charge in [-0.05, 0) is 72.9 Å². The molecule has 0 saturated carbocycles. The Morgan fingerprint density at radius 2 is 1.98 bits per heavy atom. The maximum atomic E-state index is 12.9. The number of carbonyl (C=O) groups is 1. The van der Waals surface area contributed by atoms with Crippen LogP contribution in [-0.2, 0) is 32.2 Å². The number of aromatic nitrogens is 3. The van der Waals surface area contributed by atoms with E-state index >= 15 is 0 Å². The van der Waals surface area contributed by atoms with Crippen molar-refractivity contribution in [2.45, 2.75) is 63.7 Å². The van der Waals surface area contributed by atoms with Crippen molar-refractivity contribution >= 4 is 48.9 Å². The van der Waals surface area contributed by atoms with E-state index in [1.54, 1.807) is 11.3 Å². The Morgan fingerprint density at radius 3 is 2.71 bits per heavy atom. The summed E-state index contributed by atoms with van der Waals surface area (Å²) < 4.78 is 31.6. The molecule has 220 valence electrons. The monoisotopic (exact) mass is 597 g/mol. The van der Waals surface area contributed by atoms with E-state index in [0.29, 0.717) is 12.5 Å². The van der Waals surface area contributed by atoms with Gasteiger partial charge in [-0.1, -0.05) is 19.4 Å². The predicted octanol–water partition coefficient (Wildman–Crippen LogP) is 4.57. The number of piperidine rings is 1. The molecule has 2 aliphatic heterocycles. The minimum absolute atomic E-state index is 0.0576. The summed E-state index contributed by atoms with van der Waals surface area (Å²) in [5, 5.41) is 3.52. The molecule has 11 heteroatoms. The molecule has 1 aromatic carbocycles. The molecule has 3 aromatic rings. The molecule has 1 saturated heterocycles. The molecule has 5 rings (SSSR count). The third kappa shape index (κ3) is 7.50. The van der Waals surface area contributed by atoms with Gasteiger partial charge in [0.2, 0.25) is 5.95 Å². The third-order valence-electron chi connectivity index (χ3n) is 7.91. The van der Waals surface area contributed by atoms with Gasteiger partial charge in [-0.15, -0.1) is 11.3 Å². The summed E-state index contributed by atoms with van der Waals surface area (Å²) in [4.78, 5) is 27.8. The lowest BCUT2D eigenvalue weighted by molar-refractivity contribution is -0.140. The van der Waals surface area contributed by atoms with Crippen LogP contribution in [0.4, 0.5) is 5.95 Å². The molecule has 0 amide bonds. The van der Waals surface area contributed by atoms with Gasteiger partial charge < -0.3 is 9.64 Å². The van der Waals surface area contributed by atoms with Crippen LogP contribution in [0.2, 0.25) is 0 Å². The average Bonchev–Trinajstić information content (AvgIpc) is 3.39. The lowest BCUT2D eigenvalue weighted by Gasteiger charge is -2.31. The first kappa shape index (κ1) is 29.6. The highest BCUT2D eigenvalue weighted by Gasteiger charge is 2.27. The Hall–Kier alpha value is -2.89. The van der Waals surface area contributed by atoms with Crippen LogP contribution in [0.15, 0.2) is 36.7 Å². The third-order valence-corrected chi connectivity index (χ3v) is 10.9. The molecule has 0 spiro atoms. The van der Waals surface area contributed by atoms with Gasteiger partial charge in [-0.3, -0.25) is 10.1 Å². The van der Waals surface area contributed by atoms with Crippen LogP contribution >= 0.6 is 11.3 Å². The molecule has 4 heterocycles. The first-order chi connectivity index (χ1) is 19.8. The first-order valence-corrected chi connectivity index (χ1v) is 17.1. The van der Waals surface area contributed by atoms with E-state index in [9.17, 15) is 13.2 Å².